The van der Waals surface area contributed by atoms with Crippen LogP contribution in [0.1, 0.15) is 32.3 Å². The van der Waals surface area contributed by atoms with Gasteiger partial charge in [-0.2, -0.15) is 0 Å². The Morgan fingerprint density at radius 1 is 1.15 bits per heavy atom. The van der Waals surface area contributed by atoms with Crippen LogP contribution in [0.25, 0.3) is 0 Å². The third-order valence-electron chi connectivity index (χ3n) is 5.09. The van der Waals surface area contributed by atoms with E-state index in [0.29, 0.717) is 10.8 Å². The van der Waals surface area contributed by atoms with Gasteiger partial charge in [-0.3, -0.25) is 0 Å². The normalized spacial score (nSPS) is 34.1. The standard InChI is InChI=1S/C17H26N2.ClH/c1-16(8-10-18-12-16)13-19-11-9-17(2,14-19)15-6-4-3-5-7-15;/h3-7,18H,8-14H2,1-2H3;1H. The van der Waals surface area contributed by atoms with Gasteiger partial charge in [0.05, 0.1) is 0 Å². The van der Waals surface area contributed by atoms with Gasteiger partial charge in [0.1, 0.15) is 0 Å². The molecule has 0 bridgehead atoms. The Labute approximate surface area is 129 Å². The quantitative estimate of drug-likeness (QED) is 0.922. The Morgan fingerprint density at radius 3 is 2.55 bits per heavy atom. The second-order valence-electron chi connectivity index (χ2n) is 7.12. The molecule has 3 heteroatoms. The predicted molar refractivity (Wildman–Crippen MR) is 87.7 cm³/mol. The van der Waals surface area contributed by atoms with Gasteiger partial charge in [0.2, 0.25) is 0 Å². The van der Waals surface area contributed by atoms with E-state index in [1.54, 1.807) is 0 Å². The SMILES string of the molecule is CC1(CN2CCC(C)(c3ccccc3)C2)CCNC1.Cl. The monoisotopic (exact) mass is 294 g/mol. The van der Waals surface area contributed by atoms with Crippen molar-refractivity contribution >= 4 is 12.4 Å². The summed E-state index contributed by atoms with van der Waals surface area (Å²) < 4.78 is 0. The second-order valence-corrected chi connectivity index (χ2v) is 7.12. The molecule has 2 fully saturated rings. The molecule has 3 rings (SSSR count). The molecule has 2 saturated heterocycles. The molecule has 2 atom stereocenters. The molecular weight excluding hydrogens is 268 g/mol. The molecule has 0 radical (unpaired) electrons. The maximum Gasteiger partial charge on any atom is 0.00767 e. The van der Waals surface area contributed by atoms with E-state index in [4.69, 9.17) is 0 Å². The van der Waals surface area contributed by atoms with Crippen molar-refractivity contribution in [1.82, 2.24) is 10.2 Å². The van der Waals surface area contributed by atoms with E-state index in [2.05, 4.69) is 54.4 Å². The molecule has 0 saturated carbocycles. The molecule has 1 aromatic rings. The molecular formula is C17H27ClN2. The van der Waals surface area contributed by atoms with Crippen molar-refractivity contribution in [2.45, 2.75) is 32.1 Å². The Hall–Kier alpha value is -0.570. The van der Waals surface area contributed by atoms with Crippen molar-refractivity contribution in [2.75, 3.05) is 32.7 Å². The van der Waals surface area contributed by atoms with E-state index in [0.717, 1.165) is 0 Å². The minimum Gasteiger partial charge on any atom is -0.316 e. The highest BCUT2D eigenvalue weighted by Gasteiger charge is 2.38. The summed E-state index contributed by atoms with van der Waals surface area (Å²) >= 11 is 0. The average molecular weight is 295 g/mol. The molecule has 20 heavy (non-hydrogen) atoms. The lowest BCUT2D eigenvalue weighted by molar-refractivity contribution is 0.201. The topological polar surface area (TPSA) is 15.3 Å². The van der Waals surface area contributed by atoms with E-state index >= 15 is 0 Å². The van der Waals surface area contributed by atoms with Crippen molar-refractivity contribution < 1.29 is 0 Å². The lowest BCUT2D eigenvalue weighted by Crippen LogP contribution is -2.37. The molecule has 0 spiro atoms. The number of nitrogens with one attached hydrogen (secondary N) is 1. The summed E-state index contributed by atoms with van der Waals surface area (Å²) in [6.07, 6.45) is 2.62. The fourth-order valence-electron chi connectivity index (χ4n) is 3.81. The van der Waals surface area contributed by atoms with Crippen LogP contribution in [0.2, 0.25) is 0 Å². The maximum absolute atomic E-state index is 3.51. The Balaban J connectivity index is 0.00000147. The van der Waals surface area contributed by atoms with Gasteiger partial charge in [0.25, 0.3) is 0 Å². The largest absolute Gasteiger partial charge is 0.316 e. The number of halogens is 1. The summed E-state index contributed by atoms with van der Waals surface area (Å²) in [7, 11) is 0. The van der Waals surface area contributed by atoms with E-state index in [9.17, 15) is 0 Å². The highest BCUT2D eigenvalue weighted by Crippen LogP contribution is 2.36. The zero-order valence-corrected chi connectivity index (χ0v) is 13.5. The number of hydrogen-bond donors (Lipinski definition) is 1. The molecule has 2 aliphatic rings. The molecule has 2 unspecified atom stereocenters. The molecule has 1 aromatic carbocycles. The third kappa shape index (κ3) is 3.19. The van der Waals surface area contributed by atoms with E-state index in [1.807, 2.05) is 0 Å². The molecule has 2 nitrogen and oxygen atoms in total. The summed E-state index contributed by atoms with van der Waals surface area (Å²) in [5, 5.41) is 3.51. The highest BCUT2D eigenvalue weighted by molar-refractivity contribution is 5.85. The molecule has 0 aliphatic carbocycles. The average Bonchev–Trinajstić information content (AvgIpc) is 2.99. The second kappa shape index (κ2) is 6.05. The molecule has 1 N–H and O–H groups in total. The van der Waals surface area contributed by atoms with E-state index < -0.39 is 0 Å². The first-order valence-electron chi connectivity index (χ1n) is 7.58. The van der Waals surface area contributed by atoms with Crippen LogP contribution in [-0.4, -0.2) is 37.6 Å². The van der Waals surface area contributed by atoms with Crippen molar-refractivity contribution in [3.63, 3.8) is 0 Å². The summed E-state index contributed by atoms with van der Waals surface area (Å²) in [6, 6.07) is 11.0. The Kier molecular flexibility index (Phi) is 4.78. The number of hydrogen-bond acceptors (Lipinski definition) is 2. The van der Waals surface area contributed by atoms with Crippen LogP contribution in [0.4, 0.5) is 0 Å². The smallest absolute Gasteiger partial charge is 0.00767 e. The minimum absolute atomic E-state index is 0. The highest BCUT2D eigenvalue weighted by atomic mass is 35.5. The lowest BCUT2D eigenvalue weighted by Gasteiger charge is -2.31. The number of likely N-dealkylation sites (tertiary alicyclic amines) is 1. The first-order valence-corrected chi connectivity index (χ1v) is 7.58. The van der Waals surface area contributed by atoms with Gasteiger partial charge in [0.15, 0.2) is 0 Å². The van der Waals surface area contributed by atoms with E-state index in [1.165, 1.54) is 51.1 Å². The summed E-state index contributed by atoms with van der Waals surface area (Å²) in [4.78, 5) is 2.68. The van der Waals surface area contributed by atoms with Crippen LogP contribution < -0.4 is 5.32 Å². The lowest BCUT2D eigenvalue weighted by atomic mass is 9.82. The number of benzene rings is 1. The first-order chi connectivity index (χ1) is 9.10. The summed E-state index contributed by atoms with van der Waals surface area (Å²) in [5.74, 6) is 0. The summed E-state index contributed by atoms with van der Waals surface area (Å²) in [6.45, 7) is 11.0. The van der Waals surface area contributed by atoms with Crippen LogP contribution in [-0.2, 0) is 5.41 Å². The van der Waals surface area contributed by atoms with Crippen LogP contribution in [0.15, 0.2) is 30.3 Å². The fraction of sp³-hybridized carbons (Fsp3) is 0.647. The van der Waals surface area contributed by atoms with Gasteiger partial charge in [-0.15, -0.1) is 12.4 Å². The first kappa shape index (κ1) is 15.8. The van der Waals surface area contributed by atoms with Crippen LogP contribution >= 0.6 is 12.4 Å². The van der Waals surface area contributed by atoms with E-state index in [-0.39, 0.29) is 12.4 Å². The van der Waals surface area contributed by atoms with Gasteiger partial charge in [-0.1, -0.05) is 44.2 Å². The van der Waals surface area contributed by atoms with Gasteiger partial charge in [0, 0.05) is 25.0 Å². The van der Waals surface area contributed by atoms with Crippen LogP contribution in [0, 0.1) is 5.41 Å². The van der Waals surface area contributed by atoms with Crippen LogP contribution in [0.3, 0.4) is 0 Å². The molecule has 0 aromatic heterocycles. The molecule has 112 valence electrons. The Morgan fingerprint density at radius 2 is 1.90 bits per heavy atom. The zero-order chi connectivity index (χ0) is 13.3. The van der Waals surface area contributed by atoms with Crippen molar-refractivity contribution in [3.05, 3.63) is 35.9 Å². The molecule has 2 heterocycles. The maximum atomic E-state index is 3.51. The van der Waals surface area contributed by atoms with Crippen molar-refractivity contribution in [1.29, 1.82) is 0 Å². The minimum atomic E-state index is 0. The molecule has 0 amide bonds. The van der Waals surface area contributed by atoms with Gasteiger partial charge in [-0.05, 0) is 36.9 Å². The Bertz CT molecular complexity index is 428. The van der Waals surface area contributed by atoms with Crippen LogP contribution in [0.5, 0.6) is 0 Å². The number of rotatable bonds is 3. The third-order valence-corrected chi connectivity index (χ3v) is 5.09. The van der Waals surface area contributed by atoms with Gasteiger partial charge in [-0.25, -0.2) is 0 Å². The van der Waals surface area contributed by atoms with Gasteiger partial charge < -0.3 is 10.2 Å². The van der Waals surface area contributed by atoms with Gasteiger partial charge >= 0.3 is 0 Å². The van der Waals surface area contributed by atoms with Crippen molar-refractivity contribution in [3.8, 4) is 0 Å². The zero-order valence-electron chi connectivity index (χ0n) is 12.7. The fourth-order valence-corrected chi connectivity index (χ4v) is 3.81. The molecule has 2 aliphatic heterocycles. The predicted octanol–water partition coefficient (Wildman–Crippen LogP) is 3.07. The summed E-state index contributed by atoms with van der Waals surface area (Å²) in [5.41, 5.74) is 2.35. The van der Waals surface area contributed by atoms with Crippen molar-refractivity contribution in [2.24, 2.45) is 5.41 Å². The number of nitrogens with zero attached hydrogens (tertiary/aromatic N) is 1.